The molecule has 0 aromatic carbocycles. The number of hydrogen-bond donors (Lipinski definition) is 2. The minimum absolute atomic E-state index is 0.241. The summed E-state index contributed by atoms with van der Waals surface area (Å²) in [5.41, 5.74) is -0.683. The second-order valence-corrected chi connectivity index (χ2v) is 4.20. The van der Waals surface area contributed by atoms with E-state index in [9.17, 15) is 9.59 Å². The molecule has 0 radical (unpaired) electrons. The SMILES string of the molecule is CC#COC[C@H](NC(=O)OC(C)(C)C)C(=O)O. The predicted octanol–water partition coefficient (Wildman–Crippen LogP) is 0.962. The van der Waals surface area contributed by atoms with Gasteiger partial charge in [0.1, 0.15) is 18.3 Å². The number of hydrogen-bond acceptors (Lipinski definition) is 4. The molecule has 0 fully saturated rings. The Morgan fingerprint density at radius 3 is 2.41 bits per heavy atom. The van der Waals surface area contributed by atoms with Crippen molar-refractivity contribution in [3.63, 3.8) is 0 Å². The molecule has 0 saturated heterocycles. The highest BCUT2D eigenvalue weighted by atomic mass is 16.6. The lowest BCUT2D eigenvalue weighted by Gasteiger charge is -2.21. The van der Waals surface area contributed by atoms with Crippen LogP contribution in [-0.4, -0.2) is 35.4 Å². The predicted molar refractivity (Wildman–Crippen MR) is 60.2 cm³/mol. The average Bonchev–Trinajstić information content (AvgIpc) is 2.13. The summed E-state index contributed by atoms with van der Waals surface area (Å²) in [6, 6.07) is -1.19. The van der Waals surface area contributed by atoms with Crippen LogP contribution in [0.4, 0.5) is 4.79 Å². The standard InChI is InChI=1S/C11H17NO5/c1-5-6-16-7-8(9(13)14)12-10(15)17-11(2,3)4/h8H,7H2,1-4H3,(H,12,15)(H,13,14)/t8-/m0/s1. The van der Waals surface area contributed by atoms with Gasteiger partial charge in [-0.2, -0.15) is 0 Å². The van der Waals surface area contributed by atoms with Crippen LogP contribution in [0.1, 0.15) is 27.7 Å². The van der Waals surface area contributed by atoms with Gasteiger partial charge in [0, 0.05) is 6.92 Å². The fourth-order valence-corrected chi connectivity index (χ4v) is 0.822. The van der Waals surface area contributed by atoms with E-state index in [1.54, 1.807) is 27.7 Å². The smallest absolute Gasteiger partial charge is 0.408 e. The number of alkyl carbamates (subject to hydrolysis) is 1. The molecule has 0 aliphatic carbocycles. The van der Waals surface area contributed by atoms with E-state index in [1.165, 1.54) is 0 Å². The maximum Gasteiger partial charge on any atom is 0.408 e. The first-order valence-electron chi connectivity index (χ1n) is 5.02. The second-order valence-electron chi connectivity index (χ2n) is 4.20. The third-order valence-corrected chi connectivity index (χ3v) is 1.41. The first kappa shape index (κ1) is 15.1. The van der Waals surface area contributed by atoms with E-state index < -0.39 is 23.7 Å². The van der Waals surface area contributed by atoms with Crippen molar-refractivity contribution in [2.75, 3.05) is 6.61 Å². The molecule has 0 aliphatic rings. The lowest BCUT2D eigenvalue weighted by atomic mass is 10.2. The van der Waals surface area contributed by atoms with Gasteiger partial charge in [-0.05, 0) is 20.8 Å². The molecule has 6 nitrogen and oxygen atoms in total. The zero-order valence-corrected chi connectivity index (χ0v) is 10.4. The summed E-state index contributed by atoms with van der Waals surface area (Å²) in [7, 11) is 0. The zero-order valence-electron chi connectivity index (χ0n) is 10.4. The lowest BCUT2D eigenvalue weighted by molar-refractivity contribution is -0.140. The quantitative estimate of drug-likeness (QED) is 0.718. The molecular formula is C11H17NO5. The number of amides is 1. The van der Waals surface area contributed by atoms with E-state index in [4.69, 9.17) is 14.6 Å². The molecule has 0 aliphatic heterocycles. The van der Waals surface area contributed by atoms with Crippen LogP contribution in [0, 0.1) is 12.0 Å². The summed E-state index contributed by atoms with van der Waals surface area (Å²) in [4.78, 5) is 22.1. The molecule has 1 atom stereocenters. The van der Waals surface area contributed by atoms with Crippen LogP contribution < -0.4 is 5.32 Å². The van der Waals surface area contributed by atoms with Crippen molar-refractivity contribution in [2.45, 2.75) is 39.3 Å². The number of carboxylic acids is 1. The van der Waals surface area contributed by atoms with E-state index in [0.29, 0.717) is 0 Å². The molecule has 6 heteroatoms. The normalized spacial score (nSPS) is 11.8. The Morgan fingerprint density at radius 2 is 2.00 bits per heavy atom. The molecule has 0 aromatic rings. The molecular weight excluding hydrogens is 226 g/mol. The first-order valence-corrected chi connectivity index (χ1v) is 5.02. The Labute approximate surface area is 100 Å². The fourth-order valence-electron chi connectivity index (χ4n) is 0.822. The highest BCUT2D eigenvalue weighted by molar-refractivity contribution is 5.80. The maximum atomic E-state index is 11.3. The number of carboxylic acid groups (broad SMARTS) is 1. The van der Waals surface area contributed by atoms with Crippen molar-refractivity contribution < 1.29 is 24.2 Å². The van der Waals surface area contributed by atoms with Gasteiger partial charge in [-0.15, -0.1) is 0 Å². The number of aliphatic carboxylic acids is 1. The molecule has 0 rings (SSSR count). The summed E-state index contributed by atoms with van der Waals surface area (Å²) >= 11 is 0. The van der Waals surface area contributed by atoms with Crippen LogP contribution in [0.2, 0.25) is 0 Å². The third-order valence-electron chi connectivity index (χ3n) is 1.41. The summed E-state index contributed by atoms with van der Waals surface area (Å²) in [5.74, 6) is 1.23. The highest BCUT2D eigenvalue weighted by Crippen LogP contribution is 2.06. The zero-order chi connectivity index (χ0) is 13.5. The van der Waals surface area contributed by atoms with Gasteiger partial charge in [-0.1, -0.05) is 5.92 Å². The van der Waals surface area contributed by atoms with Crippen LogP contribution in [-0.2, 0) is 14.3 Å². The number of ether oxygens (including phenoxy) is 2. The molecule has 0 bridgehead atoms. The Kier molecular flexibility index (Phi) is 5.89. The summed E-state index contributed by atoms with van der Waals surface area (Å²) in [5, 5.41) is 11.0. The fraction of sp³-hybridized carbons (Fsp3) is 0.636. The minimum Gasteiger partial charge on any atom is -0.480 e. The Bertz CT molecular complexity index is 334. The second kappa shape index (κ2) is 6.63. The molecule has 1 amide bonds. The van der Waals surface area contributed by atoms with Crippen molar-refractivity contribution in [1.29, 1.82) is 0 Å². The van der Waals surface area contributed by atoms with Gasteiger partial charge in [-0.3, -0.25) is 0 Å². The molecule has 0 saturated carbocycles. The van der Waals surface area contributed by atoms with Gasteiger partial charge in [-0.25, -0.2) is 9.59 Å². The van der Waals surface area contributed by atoms with Gasteiger partial charge in [0.15, 0.2) is 6.04 Å². The Hall–Kier alpha value is -1.90. The van der Waals surface area contributed by atoms with Crippen LogP contribution in [0.3, 0.4) is 0 Å². The van der Waals surface area contributed by atoms with Crippen molar-refractivity contribution >= 4 is 12.1 Å². The van der Waals surface area contributed by atoms with Crippen molar-refractivity contribution in [3.8, 4) is 12.0 Å². The number of rotatable bonds is 4. The van der Waals surface area contributed by atoms with Gasteiger partial charge < -0.3 is 19.9 Å². The van der Waals surface area contributed by atoms with E-state index in [2.05, 4.69) is 17.3 Å². The third kappa shape index (κ3) is 7.96. The largest absolute Gasteiger partial charge is 0.480 e. The Balaban J connectivity index is 4.28. The van der Waals surface area contributed by atoms with Gasteiger partial charge in [0.25, 0.3) is 0 Å². The van der Waals surface area contributed by atoms with Crippen LogP contribution in [0.5, 0.6) is 0 Å². The monoisotopic (exact) mass is 243 g/mol. The Morgan fingerprint density at radius 1 is 1.41 bits per heavy atom. The van der Waals surface area contributed by atoms with Crippen molar-refractivity contribution in [2.24, 2.45) is 0 Å². The number of carbonyl (C=O) groups excluding carboxylic acids is 1. The van der Waals surface area contributed by atoms with E-state index in [0.717, 1.165) is 0 Å². The van der Waals surface area contributed by atoms with E-state index in [-0.39, 0.29) is 6.61 Å². The lowest BCUT2D eigenvalue weighted by Crippen LogP contribution is -2.45. The molecule has 0 unspecified atom stereocenters. The van der Waals surface area contributed by atoms with Crippen LogP contribution in [0.25, 0.3) is 0 Å². The summed E-state index contributed by atoms with van der Waals surface area (Å²) in [6.45, 7) is 6.36. The minimum atomic E-state index is -1.21. The summed E-state index contributed by atoms with van der Waals surface area (Å²) < 4.78 is 9.64. The van der Waals surface area contributed by atoms with Crippen molar-refractivity contribution in [3.05, 3.63) is 0 Å². The molecule has 96 valence electrons. The summed E-state index contributed by atoms with van der Waals surface area (Å²) in [6.07, 6.45) is 1.44. The van der Waals surface area contributed by atoms with Gasteiger partial charge in [0.2, 0.25) is 0 Å². The van der Waals surface area contributed by atoms with E-state index in [1.807, 2.05) is 0 Å². The molecule has 0 aromatic heterocycles. The van der Waals surface area contributed by atoms with Gasteiger partial charge >= 0.3 is 12.1 Å². The number of carbonyl (C=O) groups is 2. The maximum absolute atomic E-state index is 11.3. The number of nitrogens with one attached hydrogen (secondary N) is 1. The average molecular weight is 243 g/mol. The van der Waals surface area contributed by atoms with E-state index >= 15 is 0 Å². The van der Waals surface area contributed by atoms with Crippen LogP contribution >= 0.6 is 0 Å². The topological polar surface area (TPSA) is 84.9 Å². The molecule has 17 heavy (non-hydrogen) atoms. The molecule has 0 spiro atoms. The van der Waals surface area contributed by atoms with Crippen LogP contribution in [0.15, 0.2) is 0 Å². The van der Waals surface area contributed by atoms with Gasteiger partial charge in [0.05, 0.1) is 0 Å². The molecule has 2 N–H and O–H groups in total. The first-order chi connectivity index (χ1) is 7.76. The van der Waals surface area contributed by atoms with Crippen molar-refractivity contribution in [1.82, 2.24) is 5.32 Å². The highest BCUT2D eigenvalue weighted by Gasteiger charge is 2.24. The molecule has 0 heterocycles.